The van der Waals surface area contributed by atoms with Gasteiger partial charge < -0.3 is 9.72 Å². The second-order valence-corrected chi connectivity index (χ2v) is 6.71. The summed E-state index contributed by atoms with van der Waals surface area (Å²) in [4.78, 5) is 9.11. The molecule has 0 fully saturated rings. The van der Waals surface area contributed by atoms with Gasteiger partial charge in [-0.3, -0.25) is 4.68 Å². The minimum Gasteiger partial charge on any atom is -0.323 e. The van der Waals surface area contributed by atoms with Crippen molar-refractivity contribution in [3.8, 4) is 11.1 Å². The number of pyridine rings is 2. The minimum atomic E-state index is 0.783. The monoisotopic (exact) mass is 346 g/mol. The van der Waals surface area contributed by atoms with E-state index in [1.54, 1.807) is 22.2 Å². The molecule has 0 aromatic carbocycles. The zero-order valence-electron chi connectivity index (χ0n) is 13.4. The SMILES string of the molecule is Cn1ccc(Nc2ccc3scc(-c4ccc5nccn5c4)c3n2)n1. The van der Waals surface area contributed by atoms with Gasteiger partial charge in [-0.2, -0.15) is 5.10 Å². The Hall–Kier alpha value is -3.19. The quantitative estimate of drug-likeness (QED) is 0.534. The Morgan fingerprint density at radius 2 is 2.00 bits per heavy atom. The van der Waals surface area contributed by atoms with E-state index in [4.69, 9.17) is 4.98 Å². The van der Waals surface area contributed by atoms with Crippen LogP contribution in [0.15, 0.2) is 60.5 Å². The van der Waals surface area contributed by atoms with Gasteiger partial charge in [0.15, 0.2) is 5.82 Å². The van der Waals surface area contributed by atoms with Gasteiger partial charge in [-0.1, -0.05) is 0 Å². The number of nitrogens with zero attached hydrogens (tertiary/aromatic N) is 5. The largest absolute Gasteiger partial charge is 0.323 e. The molecule has 0 aliphatic carbocycles. The number of anilines is 2. The number of hydrogen-bond donors (Lipinski definition) is 1. The third-order valence-corrected chi connectivity index (χ3v) is 5.02. The van der Waals surface area contributed by atoms with E-state index in [9.17, 15) is 0 Å². The normalized spacial score (nSPS) is 11.4. The molecule has 0 radical (unpaired) electrons. The van der Waals surface area contributed by atoms with Crippen LogP contribution >= 0.6 is 11.3 Å². The molecule has 25 heavy (non-hydrogen) atoms. The highest BCUT2D eigenvalue weighted by Crippen LogP contribution is 2.34. The summed E-state index contributed by atoms with van der Waals surface area (Å²) >= 11 is 1.70. The third-order valence-electron chi connectivity index (χ3n) is 4.09. The van der Waals surface area contributed by atoms with Crippen molar-refractivity contribution in [1.82, 2.24) is 24.1 Å². The molecule has 1 N–H and O–H groups in total. The number of aryl methyl sites for hydroxylation is 1. The molecule has 6 nitrogen and oxygen atoms in total. The van der Waals surface area contributed by atoms with Crippen LogP contribution in [0.3, 0.4) is 0 Å². The van der Waals surface area contributed by atoms with Crippen molar-refractivity contribution in [3.63, 3.8) is 0 Å². The van der Waals surface area contributed by atoms with Gasteiger partial charge in [0.05, 0.1) is 10.2 Å². The predicted octanol–water partition coefficient (Wildman–Crippen LogP) is 4.09. The molecule has 7 heteroatoms. The molecular weight excluding hydrogens is 332 g/mol. The lowest BCUT2D eigenvalue weighted by atomic mass is 10.1. The van der Waals surface area contributed by atoms with Crippen LogP contribution in [0.1, 0.15) is 0 Å². The first-order chi connectivity index (χ1) is 12.3. The highest BCUT2D eigenvalue weighted by molar-refractivity contribution is 7.17. The fourth-order valence-corrected chi connectivity index (χ4v) is 3.79. The number of hydrogen-bond acceptors (Lipinski definition) is 5. The summed E-state index contributed by atoms with van der Waals surface area (Å²) in [5.74, 6) is 1.57. The van der Waals surface area contributed by atoms with Crippen LogP contribution in [-0.4, -0.2) is 24.1 Å². The summed E-state index contributed by atoms with van der Waals surface area (Å²) < 4.78 is 4.94. The molecule has 5 heterocycles. The average Bonchev–Trinajstić information content (AvgIpc) is 3.33. The molecule has 5 rings (SSSR count). The summed E-state index contributed by atoms with van der Waals surface area (Å²) in [5, 5.41) is 9.75. The molecular formula is C18H14N6S. The van der Waals surface area contributed by atoms with Crippen molar-refractivity contribution in [3.05, 3.63) is 60.5 Å². The molecule has 0 saturated carbocycles. The van der Waals surface area contributed by atoms with E-state index in [1.807, 2.05) is 42.0 Å². The average molecular weight is 346 g/mol. The maximum atomic E-state index is 4.81. The molecule has 0 spiro atoms. The van der Waals surface area contributed by atoms with E-state index in [2.05, 4.69) is 39.1 Å². The van der Waals surface area contributed by atoms with Crippen molar-refractivity contribution in [1.29, 1.82) is 0 Å². The van der Waals surface area contributed by atoms with Crippen molar-refractivity contribution in [2.75, 3.05) is 5.32 Å². The third kappa shape index (κ3) is 2.45. The lowest BCUT2D eigenvalue weighted by Crippen LogP contribution is -1.96. The molecule has 5 aromatic rings. The molecule has 0 bridgehead atoms. The Kier molecular flexibility index (Phi) is 3.07. The van der Waals surface area contributed by atoms with E-state index >= 15 is 0 Å². The fourth-order valence-electron chi connectivity index (χ4n) is 2.88. The van der Waals surface area contributed by atoms with E-state index in [0.29, 0.717) is 0 Å². The van der Waals surface area contributed by atoms with Crippen LogP contribution in [0.5, 0.6) is 0 Å². The van der Waals surface area contributed by atoms with Gasteiger partial charge in [-0.15, -0.1) is 11.3 Å². The van der Waals surface area contributed by atoms with Gasteiger partial charge in [-0.05, 0) is 24.3 Å². The molecule has 122 valence electrons. The molecule has 0 amide bonds. The molecule has 5 aromatic heterocycles. The fraction of sp³-hybridized carbons (Fsp3) is 0.0556. The van der Waals surface area contributed by atoms with Crippen LogP contribution in [0.2, 0.25) is 0 Å². The summed E-state index contributed by atoms with van der Waals surface area (Å²) in [6, 6.07) is 10.1. The second kappa shape index (κ2) is 5.42. The smallest absolute Gasteiger partial charge is 0.153 e. The Labute approximate surface area is 147 Å². The van der Waals surface area contributed by atoms with E-state index in [1.165, 1.54) is 0 Å². The Morgan fingerprint density at radius 3 is 2.88 bits per heavy atom. The standard InChI is InChI=1S/C18H14N6S/c1-23-8-6-16(22-23)20-15-4-3-14-18(21-15)13(11-25-14)12-2-5-17-19-7-9-24(17)10-12/h2-11H,1H3,(H,20,21,22). The highest BCUT2D eigenvalue weighted by Gasteiger charge is 2.10. The molecule has 0 aliphatic rings. The van der Waals surface area contributed by atoms with Gasteiger partial charge >= 0.3 is 0 Å². The van der Waals surface area contributed by atoms with Gasteiger partial charge in [0.2, 0.25) is 0 Å². The summed E-state index contributed by atoms with van der Waals surface area (Å²) in [5.41, 5.74) is 4.18. The summed E-state index contributed by atoms with van der Waals surface area (Å²) in [7, 11) is 1.89. The topological polar surface area (TPSA) is 60.0 Å². The van der Waals surface area contributed by atoms with Crippen molar-refractivity contribution in [2.24, 2.45) is 7.05 Å². The van der Waals surface area contributed by atoms with Crippen molar-refractivity contribution >= 4 is 38.8 Å². The first kappa shape index (κ1) is 14.2. The van der Waals surface area contributed by atoms with Crippen LogP contribution < -0.4 is 5.32 Å². The zero-order valence-corrected chi connectivity index (χ0v) is 14.2. The first-order valence-corrected chi connectivity index (χ1v) is 8.72. The highest BCUT2D eigenvalue weighted by atomic mass is 32.1. The lowest BCUT2D eigenvalue weighted by Gasteiger charge is -2.04. The second-order valence-electron chi connectivity index (χ2n) is 5.80. The first-order valence-electron chi connectivity index (χ1n) is 7.84. The van der Waals surface area contributed by atoms with Crippen molar-refractivity contribution in [2.45, 2.75) is 0 Å². The zero-order chi connectivity index (χ0) is 16.8. The number of rotatable bonds is 3. The predicted molar refractivity (Wildman–Crippen MR) is 100 cm³/mol. The summed E-state index contributed by atoms with van der Waals surface area (Å²) in [6.45, 7) is 0. The Morgan fingerprint density at radius 1 is 1.04 bits per heavy atom. The van der Waals surface area contributed by atoms with Gasteiger partial charge in [0.1, 0.15) is 11.5 Å². The molecule has 0 saturated heterocycles. The van der Waals surface area contributed by atoms with Gasteiger partial charge in [-0.25, -0.2) is 9.97 Å². The maximum Gasteiger partial charge on any atom is 0.153 e. The maximum absolute atomic E-state index is 4.81. The molecule has 0 atom stereocenters. The molecule has 0 unspecified atom stereocenters. The number of aromatic nitrogens is 5. The van der Waals surface area contributed by atoms with Crippen molar-refractivity contribution < 1.29 is 0 Å². The van der Waals surface area contributed by atoms with Crippen LogP contribution in [0.4, 0.5) is 11.6 Å². The van der Waals surface area contributed by atoms with Gasteiger partial charge in [0.25, 0.3) is 0 Å². The lowest BCUT2D eigenvalue weighted by molar-refractivity contribution is 0.771. The number of fused-ring (bicyclic) bond motifs is 2. The van der Waals surface area contributed by atoms with Crippen LogP contribution in [0.25, 0.3) is 27.0 Å². The van der Waals surface area contributed by atoms with Gasteiger partial charge in [0, 0.05) is 54.4 Å². The minimum absolute atomic E-state index is 0.783. The van der Waals surface area contributed by atoms with Crippen LogP contribution in [-0.2, 0) is 7.05 Å². The van der Waals surface area contributed by atoms with E-state index < -0.39 is 0 Å². The Balaban J connectivity index is 1.59. The Bertz CT molecular complexity index is 1200. The van der Waals surface area contributed by atoms with Crippen LogP contribution in [0, 0.1) is 0 Å². The number of imidazole rings is 1. The number of thiophene rings is 1. The van der Waals surface area contributed by atoms with E-state index in [0.717, 1.165) is 38.6 Å². The van der Waals surface area contributed by atoms with E-state index in [-0.39, 0.29) is 0 Å². The summed E-state index contributed by atoms with van der Waals surface area (Å²) in [6.07, 6.45) is 7.74. The number of nitrogens with one attached hydrogen (secondary N) is 1. The molecule has 0 aliphatic heterocycles.